The highest BCUT2D eigenvalue weighted by molar-refractivity contribution is 5.84. The number of hydrogen-bond acceptors (Lipinski definition) is 2. The number of aryl methyl sites for hydroxylation is 4. The van der Waals surface area contributed by atoms with Gasteiger partial charge in [-0.15, -0.1) is 0 Å². The summed E-state index contributed by atoms with van der Waals surface area (Å²) in [5, 5.41) is 0. The Bertz CT molecular complexity index is 1710. The number of anilines is 4. The fourth-order valence-electron chi connectivity index (χ4n) is 7.06. The molecule has 0 fully saturated rings. The van der Waals surface area contributed by atoms with Gasteiger partial charge in [-0.3, -0.25) is 0 Å². The molecule has 0 N–H and O–H groups in total. The first-order valence-electron chi connectivity index (χ1n) is 16.3. The van der Waals surface area contributed by atoms with Gasteiger partial charge in [-0.2, -0.15) is 0 Å². The third-order valence-electron chi connectivity index (χ3n) is 9.20. The number of allylic oxidation sites excluding steroid dienone is 4. The zero-order chi connectivity index (χ0) is 30.8. The summed E-state index contributed by atoms with van der Waals surface area (Å²) in [7, 11) is 0. The highest BCUT2D eigenvalue weighted by Crippen LogP contribution is 2.40. The van der Waals surface area contributed by atoms with Crippen LogP contribution in [0.3, 0.4) is 0 Å². The Morgan fingerprint density at radius 1 is 0.636 bits per heavy atom. The maximum atomic E-state index is 2.51. The maximum Gasteiger partial charge on any atom is 0.0562 e. The van der Waals surface area contributed by atoms with Crippen molar-refractivity contribution in [3.05, 3.63) is 148 Å². The molecule has 0 heterocycles. The van der Waals surface area contributed by atoms with Crippen molar-refractivity contribution in [2.75, 3.05) is 9.80 Å². The van der Waals surface area contributed by atoms with Crippen LogP contribution in [0.4, 0.5) is 22.7 Å². The monoisotopic (exact) mass is 578 g/mol. The molecule has 0 amide bonds. The van der Waals surface area contributed by atoms with Gasteiger partial charge in [0.05, 0.1) is 6.04 Å². The van der Waals surface area contributed by atoms with Crippen LogP contribution in [0.1, 0.15) is 67.3 Å². The van der Waals surface area contributed by atoms with E-state index in [9.17, 15) is 0 Å². The number of hydrogen-bond donors (Lipinski definition) is 0. The zero-order valence-corrected chi connectivity index (χ0v) is 27.3. The lowest BCUT2D eigenvalue weighted by Crippen LogP contribution is -2.31. The van der Waals surface area contributed by atoms with Crippen molar-refractivity contribution < 1.29 is 0 Å². The van der Waals surface area contributed by atoms with Crippen LogP contribution < -0.4 is 9.80 Å². The Morgan fingerprint density at radius 2 is 1.23 bits per heavy atom. The Labute approximate surface area is 265 Å². The molecule has 0 saturated heterocycles. The second-order valence-electron chi connectivity index (χ2n) is 13.0. The molecule has 2 heteroatoms. The average molecular weight is 579 g/mol. The molecule has 4 aromatic rings. The molecule has 44 heavy (non-hydrogen) atoms. The quantitative estimate of drug-likeness (QED) is 0.215. The first kappa shape index (κ1) is 29.8. The molecule has 2 unspecified atom stereocenters. The summed E-state index contributed by atoms with van der Waals surface area (Å²) >= 11 is 0. The summed E-state index contributed by atoms with van der Waals surface area (Å²) in [6.45, 7) is 13.4. The Hall–Kier alpha value is -4.30. The molecule has 0 radical (unpaired) electrons. The van der Waals surface area contributed by atoms with E-state index in [-0.39, 0.29) is 6.04 Å². The molecule has 224 valence electrons. The van der Waals surface area contributed by atoms with Crippen LogP contribution >= 0.6 is 0 Å². The summed E-state index contributed by atoms with van der Waals surface area (Å²) in [6, 6.07) is 34.0. The molecule has 0 aromatic heterocycles. The number of benzene rings is 4. The van der Waals surface area contributed by atoms with E-state index >= 15 is 0 Å². The van der Waals surface area contributed by atoms with Crippen LogP contribution in [0.15, 0.2) is 120 Å². The van der Waals surface area contributed by atoms with E-state index < -0.39 is 0 Å². The third-order valence-corrected chi connectivity index (χ3v) is 9.20. The van der Waals surface area contributed by atoms with Gasteiger partial charge in [0.25, 0.3) is 0 Å². The van der Waals surface area contributed by atoms with Crippen molar-refractivity contribution in [2.45, 2.75) is 73.3 Å². The van der Waals surface area contributed by atoms with Crippen LogP contribution in [0.5, 0.6) is 0 Å². The molecule has 2 aliphatic rings. The lowest BCUT2D eigenvalue weighted by Gasteiger charge is -2.35. The molecular weight excluding hydrogens is 532 g/mol. The average Bonchev–Trinajstić information content (AvgIpc) is 2.98. The van der Waals surface area contributed by atoms with Crippen LogP contribution in [0, 0.1) is 33.6 Å². The van der Waals surface area contributed by atoms with Crippen LogP contribution in [-0.4, -0.2) is 6.04 Å². The molecule has 4 aromatic carbocycles. The first-order chi connectivity index (χ1) is 21.3. The van der Waals surface area contributed by atoms with E-state index in [1.807, 2.05) is 0 Å². The minimum Gasteiger partial charge on any atom is -0.334 e. The van der Waals surface area contributed by atoms with E-state index in [0.717, 1.165) is 12.8 Å². The fourth-order valence-corrected chi connectivity index (χ4v) is 7.06. The first-order valence-corrected chi connectivity index (χ1v) is 16.3. The van der Waals surface area contributed by atoms with Crippen molar-refractivity contribution in [2.24, 2.45) is 5.92 Å². The molecule has 0 saturated carbocycles. The van der Waals surface area contributed by atoms with E-state index in [0.29, 0.717) is 5.92 Å². The molecule has 2 aliphatic carbocycles. The molecule has 2 nitrogen and oxygen atoms in total. The van der Waals surface area contributed by atoms with Gasteiger partial charge in [-0.25, -0.2) is 0 Å². The zero-order valence-electron chi connectivity index (χ0n) is 27.3. The third kappa shape index (κ3) is 6.31. The molecular formula is C42H46N2. The predicted molar refractivity (Wildman–Crippen MR) is 190 cm³/mol. The van der Waals surface area contributed by atoms with Gasteiger partial charge in [-0.05, 0) is 154 Å². The lowest BCUT2D eigenvalue weighted by molar-refractivity contribution is 0.563. The molecule has 0 aliphatic heterocycles. The summed E-state index contributed by atoms with van der Waals surface area (Å²) in [5.74, 6) is 0.610. The Kier molecular flexibility index (Phi) is 8.62. The fraction of sp³-hybridized carbons (Fsp3) is 0.286. The summed E-state index contributed by atoms with van der Waals surface area (Å²) in [5.41, 5.74) is 15.6. The number of rotatable bonds is 7. The minimum atomic E-state index is 0.249. The molecule has 0 bridgehead atoms. The second-order valence-corrected chi connectivity index (χ2v) is 13.0. The standard InChI is InChI=1S/C42H46N2/c1-29-11-7-15-35(23-29)43(36-16-8-12-30(2)24-36)39-19-21-41(33(5)27-39)42-22-20-40(28-34(42)6)44(37-17-9-13-31(3)25-37)38-18-10-14-32(4)26-38/h7-9,11-13,15-17,20-28,32,39H,10,14,18-19H2,1-6H3. The largest absolute Gasteiger partial charge is 0.334 e. The van der Waals surface area contributed by atoms with Gasteiger partial charge < -0.3 is 9.80 Å². The van der Waals surface area contributed by atoms with Gasteiger partial charge in [0.15, 0.2) is 0 Å². The van der Waals surface area contributed by atoms with Crippen molar-refractivity contribution >= 4 is 28.3 Å². The van der Waals surface area contributed by atoms with Gasteiger partial charge >= 0.3 is 0 Å². The highest BCUT2D eigenvalue weighted by Gasteiger charge is 2.25. The normalized spacial score (nSPS) is 18.3. The summed E-state index contributed by atoms with van der Waals surface area (Å²) in [6.07, 6.45) is 12.0. The van der Waals surface area contributed by atoms with Crippen molar-refractivity contribution in [1.29, 1.82) is 0 Å². The molecule has 0 spiro atoms. The second kappa shape index (κ2) is 12.7. The van der Waals surface area contributed by atoms with Crippen LogP contribution in [-0.2, 0) is 0 Å². The van der Waals surface area contributed by atoms with E-state index in [2.05, 4.69) is 161 Å². The Balaban J connectivity index is 1.33. The van der Waals surface area contributed by atoms with Crippen molar-refractivity contribution in [3.63, 3.8) is 0 Å². The number of nitrogens with zero attached hydrogens (tertiary/aromatic N) is 2. The van der Waals surface area contributed by atoms with Crippen LogP contribution in [0.2, 0.25) is 0 Å². The molecule has 6 rings (SSSR count). The van der Waals surface area contributed by atoms with Crippen molar-refractivity contribution in [3.8, 4) is 0 Å². The molecule has 2 atom stereocenters. The van der Waals surface area contributed by atoms with Crippen molar-refractivity contribution in [1.82, 2.24) is 0 Å². The summed E-state index contributed by atoms with van der Waals surface area (Å²) < 4.78 is 0. The smallest absolute Gasteiger partial charge is 0.0562 e. The van der Waals surface area contributed by atoms with Gasteiger partial charge in [-0.1, -0.05) is 67.6 Å². The van der Waals surface area contributed by atoms with E-state index in [4.69, 9.17) is 0 Å². The SMILES string of the molecule is CC1=CC(N(c2cccc(C)c2)c2cccc(C)c2)CC=C1c1ccc(N(C2=CC(C)CCC2)c2cccc(C)c2)cc1C. The van der Waals surface area contributed by atoms with Crippen LogP contribution in [0.25, 0.3) is 5.57 Å². The van der Waals surface area contributed by atoms with Gasteiger partial charge in [0.1, 0.15) is 0 Å². The minimum absolute atomic E-state index is 0.249. The topological polar surface area (TPSA) is 6.48 Å². The summed E-state index contributed by atoms with van der Waals surface area (Å²) in [4.78, 5) is 5.00. The maximum absolute atomic E-state index is 2.51. The highest BCUT2D eigenvalue weighted by atomic mass is 15.2. The van der Waals surface area contributed by atoms with Gasteiger partial charge in [0.2, 0.25) is 0 Å². The van der Waals surface area contributed by atoms with Gasteiger partial charge in [0, 0.05) is 28.4 Å². The lowest BCUT2D eigenvalue weighted by atomic mass is 9.87. The predicted octanol–water partition coefficient (Wildman–Crippen LogP) is 11.7. The van der Waals surface area contributed by atoms with E-state index in [1.54, 1.807) is 0 Å². The Morgan fingerprint density at radius 3 is 1.80 bits per heavy atom. The van der Waals surface area contributed by atoms with E-state index in [1.165, 1.54) is 80.3 Å².